The Bertz CT molecular complexity index is 1020. The van der Waals surface area contributed by atoms with Crippen molar-refractivity contribution in [2.24, 2.45) is 11.8 Å². The van der Waals surface area contributed by atoms with Crippen LogP contribution in [-0.2, 0) is 25.6 Å². The van der Waals surface area contributed by atoms with Crippen LogP contribution in [0.4, 0.5) is 9.59 Å². The van der Waals surface area contributed by atoms with E-state index in [0.29, 0.717) is 57.4 Å². The largest absolute Gasteiger partial charge is 0.481 e. The Labute approximate surface area is 256 Å². The fraction of sp³-hybridized carbons (Fsp3) is 0.719. The van der Waals surface area contributed by atoms with E-state index in [2.05, 4.69) is 10.3 Å². The average Bonchev–Trinajstić information content (AvgIpc) is 2.93. The van der Waals surface area contributed by atoms with Gasteiger partial charge in [0, 0.05) is 58.0 Å². The zero-order valence-corrected chi connectivity index (χ0v) is 26.9. The predicted octanol–water partition coefficient (Wildman–Crippen LogP) is 5.62. The molecular formula is C32H52N4O7. The van der Waals surface area contributed by atoms with Gasteiger partial charge in [-0.3, -0.25) is 14.6 Å². The maximum absolute atomic E-state index is 12.0. The van der Waals surface area contributed by atoms with Crippen LogP contribution in [0.25, 0.3) is 0 Å². The SMILES string of the molecule is CC(C)(C)OC(=O)N1CCC(CCC(=O)NCc2cccnc2)CC1.CC(C)(C)OC(=O)N1CCC(CCC(=O)O)CC1. The number of nitrogens with zero attached hydrogens (tertiary/aromatic N) is 3. The van der Waals surface area contributed by atoms with Crippen LogP contribution in [0.3, 0.4) is 0 Å². The third-order valence-corrected chi connectivity index (χ3v) is 7.29. The summed E-state index contributed by atoms with van der Waals surface area (Å²) in [5.41, 5.74) is 0.0823. The second kappa shape index (κ2) is 17.1. The highest BCUT2D eigenvalue weighted by molar-refractivity contribution is 5.75. The first kappa shape index (κ1) is 35.8. The molecule has 11 heteroatoms. The van der Waals surface area contributed by atoms with Crippen molar-refractivity contribution in [3.8, 4) is 0 Å². The second-order valence-electron chi connectivity index (χ2n) is 13.4. The molecule has 2 saturated heterocycles. The van der Waals surface area contributed by atoms with Gasteiger partial charge in [0.05, 0.1) is 0 Å². The fourth-order valence-electron chi connectivity index (χ4n) is 4.92. The molecule has 0 saturated carbocycles. The van der Waals surface area contributed by atoms with Crippen LogP contribution in [-0.4, -0.2) is 81.3 Å². The number of carboxylic acids is 1. The highest BCUT2D eigenvalue weighted by atomic mass is 16.6. The molecule has 0 spiro atoms. The summed E-state index contributed by atoms with van der Waals surface area (Å²) in [6.45, 7) is 14.4. The quantitative estimate of drug-likeness (QED) is 0.390. The van der Waals surface area contributed by atoms with E-state index in [0.717, 1.165) is 37.7 Å². The van der Waals surface area contributed by atoms with Crippen LogP contribution in [0.5, 0.6) is 0 Å². The Hall–Kier alpha value is -3.37. The fourth-order valence-corrected chi connectivity index (χ4v) is 4.92. The van der Waals surface area contributed by atoms with Gasteiger partial charge >= 0.3 is 18.2 Å². The Kier molecular flexibility index (Phi) is 14.2. The molecule has 1 aromatic rings. The minimum absolute atomic E-state index is 0.0680. The summed E-state index contributed by atoms with van der Waals surface area (Å²) in [5.74, 6) is 0.227. The highest BCUT2D eigenvalue weighted by Gasteiger charge is 2.28. The van der Waals surface area contributed by atoms with Crippen molar-refractivity contribution in [3.05, 3.63) is 30.1 Å². The van der Waals surface area contributed by atoms with Crippen molar-refractivity contribution in [1.29, 1.82) is 0 Å². The second-order valence-corrected chi connectivity index (χ2v) is 13.4. The first-order valence-electron chi connectivity index (χ1n) is 15.4. The number of ether oxygens (including phenoxy) is 2. The van der Waals surface area contributed by atoms with Gasteiger partial charge in [0.15, 0.2) is 0 Å². The van der Waals surface area contributed by atoms with E-state index >= 15 is 0 Å². The molecule has 3 rings (SSSR count). The van der Waals surface area contributed by atoms with Crippen LogP contribution < -0.4 is 5.32 Å². The molecule has 43 heavy (non-hydrogen) atoms. The molecule has 3 heterocycles. The number of hydrogen-bond donors (Lipinski definition) is 2. The van der Waals surface area contributed by atoms with Gasteiger partial charge in [0.1, 0.15) is 11.2 Å². The van der Waals surface area contributed by atoms with E-state index in [1.54, 1.807) is 22.2 Å². The lowest BCUT2D eigenvalue weighted by atomic mass is 9.92. The summed E-state index contributed by atoms with van der Waals surface area (Å²) in [7, 11) is 0. The topological polar surface area (TPSA) is 138 Å². The van der Waals surface area contributed by atoms with Crippen LogP contribution in [0, 0.1) is 11.8 Å². The minimum atomic E-state index is -0.746. The monoisotopic (exact) mass is 604 g/mol. The number of carbonyl (C=O) groups excluding carboxylic acids is 3. The molecule has 2 aliphatic rings. The Morgan fingerprint density at radius 2 is 1.30 bits per heavy atom. The maximum Gasteiger partial charge on any atom is 0.410 e. The van der Waals surface area contributed by atoms with Crippen LogP contribution in [0.1, 0.15) is 98.5 Å². The number of aromatic nitrogens is 1. The van der Waals surface area contributed by atoms with E-state index in [9.17, 15) is 19.2 Å². The molecule has 0 bridgehead atoms. The van der Waals surface area contributed by atoms with Gasteiger partial charge in [-0.15, -0.1) is 0 Å². The molecule has 2 aliphatic heterocycles. The molecular weight excluding hydrogens is 552 g/mol. The lowest BCUT2D eigenvalue weighted by Gasteiger charge is -2.33. The molecule has 1 aromatic heterocycles. The van der Waals surface area contributed by atoms with Gasteiger partial charge in [0.2, 0.25) is 5.91 Å². The number of aliphatic carboxylic acids is 1. The number of rotatable bonds is 8. The van der Waals surface area contributed by atoms with Crippen molar-refractivity contribution in [2.45, 2.75) is 111 Å². The normalized spacial score (nSPS) is 16.5. The standard InChI is InChI=1S/C19H29N3O3.C13H23NO4/c1-19(2,3)25-18(24)22-11-8-15(9-12-22)6-7-17(23)21-14-16-5-4-10-20-13-16;1-13(2,3)18-12(17)14-8-6-10(7-9-14)4-5-11(15)16/h4-5,10,13,15H,6-9,11-12,14H2,1-3H3,(H,21,23);10H,4-9H2,1-3H3,(H,15,16). The predicted molar refractivity (Wildman–Crippen MR) is 163 cm³/mol. The molecule has 0 unspecified atom stereocenters. The van der Waals surface area contributed by atoms with E-state index in [1.165, 1.54) is 0 Å². The minimum Gasteiger partial charge on any atom is -0.481 e. The van der Waals surface area contributed by atoms with Crippen molar-refractivity contribution in [1.82, 2.24) is 20.1 Å². The van der Waals surface area contributed by atoms with Gasteiger partial charge in [-0.05, 0) is 104 Å². The van der Waals surface area contributed by atoms with Gasteiger partial charge in [0.25, 0.3) is 0 Å². The van der Waals surface area contributed by atoms with Crippen molar-refractivity contribution >= 4 is 24.1 Å². The molecule has 0 aromatic carbocycles. The summed E-state index contributed by atoms with van der Waals surface area (Å²) < 4.78 is 10.7. The number of amides is 3. The van der Waals surface area contributed by atoms with Crippen LogP contribution >= 0.6 is 0 Å². The maximum atomic E-state index is 12.0. The molecule has 0 atom stereocenters. The number of likely N-dealkylation sites (tertiary alicyclic amines) is 2. The summed E-state index contributed by atoms with van der Waals surface area (Å²) in [6, 6.07) is 3.81. The molecule has 3 amide bonds. The van der Waals surface area contributed by atoms with E-state index in [1.807, 2.05) is 53.7 Å². The van der Waals surface area contributed by atoms with Crippen LogP contribution in [0.2, 0.25) is 0 Å². The summed E-state index contributed by atoms with van der Waals surface area (Å²) >= 11 is 0. The Morgan fingerprint density at radius 1 is 0.837 bits per heavy atom. The highest BCUT2D eigenvalue weighted by Crippen LogP contribution is 2.24. The van der Waals surface area contributed by atoms with Gasteiger partial charge in [-0.25, -0.2) is 9.59 Å². The Balaban J connectivity index is 0.000000317. The Morgan fingerprint density at radius 3 is 1.70 bits per heavy atom. The molecule has 11 nitrogen and oxygen atoms in total. The molecule has 0 radical (unpaired) electrons. The van der Waals surface area contributed by atoms with Gasteiger partial charge < -0.3 is 29.7 Å². The van der Waals surface area contributed by atoms with E-state index < -0.39 is 17.2 Å². The molecule has 2 fully saturated rings. The summed E-state index contributed by atoms with van der Waals surface area (Å²) in [6.07, 6.45) is 8.87. The number of piperidine rings is 2. The van der Waals surface area contributed by atoms with Crippen molar-refractivity contribution in [2.75, 3.05) is 26.2 Å². The third kappa shape index (κ3) is 15.6. The number of carbonyl (C=O) groups is 4. The van der Waals surface area contributed by atoms with Crippen LogP contribution in [0.15, 0.2) is 24.5 Å². The van der Waals surface area contributed by atoms with Gasteiger partial charge in [-0.2, -0.15) is 0 Å². The molecule has 242 valence electrons. The first-order chi connectivity index (χ1) is 20.1. The smallest absolute Gasteiger partial charge is 0.410 e. The zero-order valence-electron chi connectivity index (χ0n) is 26.9. The average molecular weight is 605 g/mol. The zero-order chi connectivity index (χ0) is 32.0. The number of pyridine rings is 1. The number of hydrogen-bond acceptors (Lipinski definition) is 7. The lowest BCUT2D eigenvalue weighted by Crippen LogP contribution is -2.41. The van der Waals surface area contributed by atoms with E-state index in [-0.39, 0.29) is 24.5 Å². The first-order valence-corrected chi connectivity index (χ1v) is 15.4. The lowest BCUT2D eigenvalue weighted by molar-refractivity contribution is -0.137. The molecule has 0 aliphatic carbocycles. The summed E-state index contributed by atoms with van der Waals surface area (Å²) in [4.78, 5) is 53.8. The third-order valence-electron chi connectivity index (χ3n) is 7.29. The van der Waals surface area contributed by atoms with Crippen molar-refractivity contribution in [3.63, 3.8) is 0 Å². The summed E-state index contributed by atoms with van der Waals surface area (Å²) in [5, 5.41) is 11.6. The van der Waals surface area contributed by atoms with E-state index in [4.69, 9.17) is 14.6 Å². The molecule has 2 N–H and O–H groups in total. The van der Waals surface area contributed by atoms with Gasteiger partial charge in [-0.1, -0.05) is 6.07 Å². The number of carboxylic acid groups (broad SMARTS) is 1. The van der Waals surface area contributed by atoms with Crippen molar-refractivity contribution < 1.29 is 33.8 Å². The number of nitrogens with one attached hydrogen (secondary N) is 1.